The molecule has 0 saturated carbocycles. The number of rotatable bonds is 3. The second kappa shape index (κ2) is 5.90. The molecule has 1 aliphatic heterocycles. The van der Waals surface area contributed by atoms with Crippen molar-refractivity contribution in [1.82, 2.24) is 15.2 Å². The lowest BCUT2D eigenvalue weighted by Crippen LogP contribution is -2.40. The van der Waals surface area contributed by atoms with Gasteiger partial charge in [-0.3, -0.25) is 9.88 Å². The highest BCUT2D eigenvalue weighted by atomic mass is 15.1. The highest BCUT2D eigenvalue weighted by Gasteiger charge is 2.18. The summed E-state index contributed by atoms with van der Waals surface area (Å²) >= 11 is 0. The summed E-state index contributed by atoms with van der Waals surface area (Å²) in [5, 5.41) is 4.69. The SMILES string of the molecule is CNC1CCN(Cc2cc(C)nc3ccccc23)CC1. The minimum Gasteiger partial charge on any atom is -0.317 e. The minimum absolute atomic E-state index is 0.696. The third-order valence-corrected chi connectivity index (χ3v) is 4.32. The fourth-order valence-corrected chi connectivity index (χ4v) is 3.15. The Morgan fingerprint density at radius 3 is 2.75 bits per heavy atom. The molecular weight excluding hydrogens is 246 g/mol. The molecule has 2 aromatic rings. The molecule has 0 aliphatic carbocycles. The first-order valence-electron chi connectivity index (χ1n) is 7.51. The number of hydrogen-bond acceptors (Lipinski definition) is 3. The van der Waals surface area contributed by atoms with E-state index in [0.29, 0.717) is 6.04 Å². The number of fused-ring (bicyclic) bond motifs is 1. The van der Waals surface area contributed by atoms with Gasteiger partial charge in [-0.2, -0.15) is 0 Å². The number of piperidine rings is 1. The zero-order chi connectivity index (χ0) is 13.9. The first kappa shape index (κ1) is 13.5. The van der Waals surface area contributed by atoms with Crippen molar-refractivity contribution in [3.05, 3.63) is 41.6 Å². The van der Waals surface area contributed by atoms with E-state index in [1.807, 2.05) is 0 Å². The Morgan fingerprint density at radius 2 is 2.00 bits per heavy atom. The average Bonchev–Trinajstić information content (AvgIpc) is 2.48. The predicted octanol–water partition coefficient (Wildman–Crippen LogP) is 2.73. The molecule has 0 atom stereocenters. The number of benzene rings is 1. The first-order valence-corrected chi connectivity index (χ1v) is 7.51. The maximum Gasteiger partial charge on any atom is 0.0708 e. The Bertz CT molecular complexity index is 586. The van der Waals surface area contributed by atoms with E-state index in [0.717, 1.165) is 17.8 Å². The quantitative estimate of drug-likeness (QED) is 0.928. The van der Waals surface area contributed by atoms with Gasteiger partial charge in [-0.25, -0.2) is 0 Å². The third-order valence-electron chi connectivity index (χ3n) is 4.32. The van der Waals surface area contributed by atoms with Crippen molar-refractivity contribution < 1.29 is 0 Å². The van der Waals surface area contributed by atoms with Gasteiger partial charge in [0.25, 0.3) is 0 Å². The highest BCUT2D eigenvalue weighted by Crippen LogP contribution is 2.21. The third kappa shape index (κ3) is 2.84. The molecule has 1 fully saturated rings. The molecular formula is C17H23N3. The topological polar surface area (TPSA) is 28.2 Å². The molecule has 0 bridgehead atoms. The van der Waals surface area contributed by atoms with Gasteiger partial charge >= 0.3 is 0 Å². The van der Waals surface area contributed by atoms with E-state index < -0.39 is 0 Å². The average molecular weight is 269 g/mol. The van der Waals surface area contributed by atoms with E-state index in [1.54, 1.807) is 0 Å². The van der Waals surface area contributed by atoms with Gasteiger partial charge in [-0.05, 0) is 57.6 Å². The number of likely N-dealkylation sites (tertiary alicyclic amines) is 1. The minimum atomic E-state index is 0.696. The van der Waals surface area contributed by atoms with Crippen molar-refractivity contribution in [3.63, 3.8) is 0 Å². The van der Waals surface area contributed by atoms with Crippen LogP contribution in [0.5, 0.6) is 0 Å². The maximum absolute atomic E-state index is 4.63. The fourth-order valence-electron chi connectivity index (χ4n) is 3.15. The summed E-state index contributed by atoms with van der Waals surface area (Å²) in [6.07, 6.45) is 2.50. The summed E-state index contributed by atoms with van der Waals surface area (Å²) < 4.78 is 0. The zero-order valence-electron chi connectivity index (χ0n) is 12.4. The molecule has 0 radical (unpaired) electrons. The Balaban J connectivity index is 1.81. The van der Waals surface area contributed by atoms with Gasteiger partial charge in [0, 0.05) is 23.7 Å². The number of nitrogens with zero attached hydrogens (tertiary/aromatic N) is 2. The lowest BCUT2D eigenvalue weighted by atomic mass is 10.0. The van der Waals surface area contributed by atoms with Crippen molar-refractivity contribution in [2.45, 2.75) is 32.4 Å². The monoisotopic (exact) mass is 269 g/mol. The van der Waals surface area contributed by atoms with Crippen LogP contribution in [0.2, 0.25) is 0 Å². The van der Waals surface area contributed by atoms with Crippen LogP contribution < -0.4 is 5.32 Å². The van der Waals surface area contributed by atoms with Crippen molar-refractivity contribution in [3.8, 4) is 0 Å². The Hall–Kier alpha value is -1.45. The van der Waals surface area contributed by atoms with Gasteiger partial charge in [0.1, 0.15) is 0 Å². The molecule has 1 aromatic heterocycles. The number of hydrogen-bond donors (Lipinski definition) is 1. The van der Waals surface area contributed by atoms with E-state index in [9.17, 15) is 0 Å². The highest BCUT2D eigenvalue weighted by molar-refractivity contribution is 5.82. The molecule has 2 heterocycles. The summed E-state index contributed by atoms with van der Waals surface area (Å²) in [7, 11) is 2.07. The predicted molar refractivity (Wildman–Crippen MR) is 83.8 cm³/mol. The summed E-state index contributed by atoms with van der Waals surface area (Å²) in [5.41, 5.74) is 3.65. The Labute approximate surface area is 121 Å². The molecule has 0 amide bonds. The summed E-state index contributed by atoms with van der Waals surface area (Å²) in [5.74, 6) is 0. The van der Waals surface area contributed by atoms with E-state index in [2.05, 4.69) is 59.5 Å². The van der Waals surface area contributed by atoms with Crippen molar-refractivity contribution in [2.75, 3.05) is 20.1 Å². The van der Waals surface area contributed by atoms with E-state index >= 15 is 0 Å². The summed E-state index contributed by atoms with van der Waals surface area (Å²) in [6.45, 7) is 5.49. The number of aryl methyl sites for hydroxylation is 1. The molecule has 3 nitrogen and oxygen atoms in total. The van der Waals surface area contributed by atoms with Crippen molar-refractivity contribution >= 4 is 10.9 Å². The second-order valence-electron chi connectivity index (χ2n) is 5.78. The lowest BCUT2D eigenvalue weighted by molar-refractivity contribution is 0.195. The van der Waals surface area contributed by atoms with Crippen LogP contribution in [0.15, 0.2) is 30.3 Å². The molecule has 3 heteroatoms. The van der Waals surface area contributed by atoms with Gasteiger partial charge in [0.15, 0.2) is 0 Å². The fraction of sp³-hybridized carbons (Fsp3) is 0.471. The van der Waals surface area contributed by atoms with Crippen LogP contribution in [0, 0.1) is 6.92 Å². The van der Waals surface area contributed by atoms with E-state index in [-0.39, 0.29) is 0 Å². The maximum atomic E-state index is 4.63. The molecule has 0 unspecified atom stereocenters. The Kier molecular flexibility index (Phi) is 3.99. The van der Waals surface area contributed by atoms with Crippen LogP contribution in [0.25, 0.3) is 10.9 Å². The number of nitrogens with one attached hydrogen (secondary N) is 1. The molecule has 3 rings (SSSR count). The van der Waals surface area contributed by atoms with Crippen molar-refractivity contribution in [1.29, 1.82) is 0 Å². The normalized spacial score (nSPS) is 17.7. The van der Waals surface area contributed by atoms with Crippen LogP contribution in [0.4, 0.5) is 0 Å². The van der Waals surface area contributed by atoms with Gasteiger partial charge in [-0.15, -0.1) is 0 Å². The molecule has 1 saturated heterocycles. The summed E-state index contributed by atoms with van der Waals surface area (Å²) in [6, 6.07) is 11.4. The van der Waals surface area contributed by atoms with Crippen LogP contribution in [-0.4, -0.2) is 36.1 Å². The molecule has 20 heavy (non-hydrogen) atoms. The van der Waals surface area contributed by atoms with E-state index in [4.69, 9.17) is 0 Å². The van der Waals surface area contributed by atoms with Gasteiger partial charge in [0.05, 0.1) is 5.52 Å². The van der Waals surface area contributed by atoms with Crippen LogP contribution in [0.3, 0.4) is 0 Å². The number of aromatic nitrogens is 1. The molecule has 1 N–H and O–H groups in total. The van der Waals surface area contributed by atoms with Crippen LogP contribution >= 0.6 is 0 Å². The van der Waals surface area contributed by atoms with E-state index in [1.165, 1.54) is 36.9 Å². The Morgan fingerprint density at radius 1 is 1.25 bits per heavy atom. The number of pyridine rings is 1. The second-order valence-corrected chi connectivity index (χ2v) is 5.78. The van der Waals surface area contributed by atoms with Crippen molar-refractivity contribution in [2.24, 2.45) is 0 Å². The zero-order valence-corrected chi connectivity index (χ0v) is 12.4. The molecule has 106 valence electrons. The smallest absolute Gasteiger partial charge is 0.0708 e. The molecule has 1 aromatic carbocycles. The lowest BCUT2D eigenvalue weighted by Gasteiger charge is -2.32. The summed E-state index contributed by atoms with van der Waals surface area (Å²) in [4.78, 5) is 7.19. The standard InChI is InChI=1S/C17H23N3/c1-13-11-14(16-5-3-4-6-17(16)19-13)12-20-9-7-15(18-2)8-10-20/h3-6,11,15,18H,7-10,12H2,1-2H3. The largest absolute Gasteiger partial charge is 0.317 e. The number of para-hydroxylation sites is 1. The van der Waals surface area contributed by atoms with Gasteiger partial charge in [0.2, 0.25) is 0 Å². The van der Waals surface area contributed by atoms with Crippen LogP contribution in [0.1, 0.15) is 24.1 Å². The molecule has 0 spiro atoms. The molecule has 1 aliphatic rings. The van der Waals surface area contributed by atoms with Gasteiger partial charge < -0.3 is 5.32 Å². The van der Waals surface area contributed by atoms with Gasteiger partial charge in [-0.1, -0.05) is 18.2 Å². The first-order chi connectivity index (χ1) is 9.76. The van der Waals surface area contributed by atoms with Crippen LogP contribution in [-0.2, 0) is 6.54 Å².